The molecule has 3 atom stereocenters. The molecule has 0 heterocycles. The number of carbonyl (C=O) groups excluding carboxylic acids is 2. The van der Waals surface area contributed by atoms with Crippen LogP contribution in [0.5, 0.6) is 0 Å². The van der Waals surface area contributed by atoms with Crippen LogP contribution in [0.3, 0.4) is 0 Å². The zero-order valence-electron chi connectivity index (χ0n) is 11.8. The zero-order chi connectivity index (χ0) is 14.3. The minimum atomic E-state index is -0.131. The average Bonchev–Trinajstić information content (AvgIpc) is 2.43. The van der Waals surface area contributed by atoms with Crippen molar-refractivity contribution < 1.29 is 9.59 Å². The minimum Gasteiger partial charge on any atom is -0.300 e. The molecule has 0 radical (unpaired) electrons. The molecule has 0 bridgehead atoms. The summed E-state index contributed by atoms with van der Waals surface area (Å²) < 4.78 is 0. The minimum absolute atomic E-state index is 0.0797. The van der Waals surface area contributed by atoms with Crippen LogP contribution in [0.15, 0.2) is 42.5 Å². The molecule has 2 aromatic rings. The maximum absolute atomic E-state index is 12.6. The van der Waals surface area contributed by atoms with Crippen molar-refractivity contribution in [2.24, 2.45) is 17.8 Å². The number of fused-ring (bicyclic) bond motifs is 1. The van der Waals surface area contributed by atoms with Gasteiger partial charge in [-0.3, -0.25) is 9.59 Å². The van der Waals surface area contributed by atoms with Crippen LogP contribution in [0.1, 0.15) is 30.6 Å². The summed E-state index contributed by atoms with van der Waals surface area (Å²) in [6.07, 6.45) is 0.847. The van der Waals surface area contributed by atoms with Gasteiger partial charge >= 0.3 is 0 Å². The molecule has 0 aromatic heterocycles. The van der Waals surface area contributed by atoms with Crippen LogP contribution in [-0.2, 0) is 4.79 Å². The summed E-state index contributed by atoms with van der Waals surface area (Å²) in [4.78, 5) is 24.2. The lowest BCUT2D eigenvalue weighted by atomic mass is 9.61. The van der Waals surface area contributed by atoms with Gasteiger partial charge in [-0.2, -0.15) is 0 Å². The predicted molar refractivity (Wildman–Crippen MR) is 79.7 cm³/mol. The summed E-state index contributed by atoms with van der Waals surface area (Å²) in [6.45, 7) is 3.65. The Balaban J connectivity index is 1.94. The first kappa shape index (κ1) is 13.0. The van der Waals surface area contributed by atoms with Crippen molar-refractivity contribution in [1.82, 2.24) is 0 Å². The van der Waals surface area contributed by atoms with Gasteiger partial charge < -0.3 is 0 Å². The monoisotopic (exact) mass is 266 g/mol. The molecule has 2 nitrogen and oxygen atoms in total. The van der Waals surface area contributed by atoms with Gasteiger partial charge in [-0.05, 0) is 36.1 Å². The van der Waals surface area contributed by atoms with Crippen molar-refractivity contribution >= 4 is 22.3 Å². The lowest BCUT2D eigenvalue weighted by molar-refractivity contribution is -0.127. The highest BCUT2D eigenvalue weighted by Crippen LogP contribution is 2.42. The summed E-state index contributed by atoms with van der Waals surface area (Å²) in [5.74, 6) is 0.359. The van der Waals surface area contributed by atoms with Gasteiger partial charge in [-0.15, -0.1) is 0 Å². The van der Waals surface area contributed by atoms with E-state index in [0.29, 0.717) is 5.92 Å². The smallest absolute Gasteiger partial charge is 0.166 e. The molecule has 0 N–H and O–H groups in total. The predicted octanol–water partition coefficient (Wildman–Crippen LogP) is 3.88. The Labute approximate surface area is 118 Å². The van der Waals surface area contributed by atoms with Crippen molar-refractivity contribution in [2.75, 3.05) is 0 Å². The highest BCUT2D eigenvalue weighted by atomic mass is 16.1. The molecule has 20 heavy (non-hydrogen) atoms. The van der Waals surface area contributed by atoms with Gasteiger partial charge in [0.2, 0.25) is 0 Å². The average molecular weight is 266 g/mol. The molecule has 1 aliphatic carbocycles. The van der Waals surface area contributed by atoms with Crippen molar-refractivity contribution in [3.8, 4) is 0 Å². The normalized spacial score (nSPS) is 25.2. The Morgan fingerprint density at radius 2 is 1.75 bits per heavy atom. The van der Waals surface area contributed by atoms with Crippen LogP contribution in [0, 0.1) is 17.8 Å². The summed E-state index contributed by atoms with van der Waals surface area (Å²) in [6, 6.07) is 13.8. The van der Waals surface area contributed by atoms with Gasteiger partial charge in [0.25, 0.3) is 0 Å². The van der Waals surface area contributed by atoms with Gasteiger partial charge in [0.05, 0.1) is 0 Å². The fraction of sp³-hybridized carbons (Fsp3) is 0.333. The number of rotatable bonds is 3. The molecule has 1 aliphatic rings. The fourth-order valence-corrected chi connectivity index (χ4v) is 3.29. The summed E-state index contributed by atoms with van der Waals surface area (Å²) in [7, 11) is 0. The van der Waals surface area contributed by atoms with Gasteiger partial charge in [0.1, 0.15) is 5.78 Å². The second-order valence-electron chi connectivity index (χ2n) is 5.88. The lowest BCUT2D eigenvalue weighted by Gasteiger charge is -2.40. The number of hydrogen-bond donors (Lipinski definition) is 0. The van der Waals surface area contributed by atoms with E-state index in [2.05, 4.69) is 6.92 Å². The van der Waals surface area contributed by atoms with Crippen LogP contribution >= 0.6 is 0 Å². The van der Waals surface area contributed by atoms with Crippen LogP contribution in [0.25, 0.3) is 10.8 Å². The van der Waals surface area contributed by atoms with Crippen molar-refractivity contribution in [1.29, 1.82) is 0 Å². The Morgan fingerprint density at radius 1 is 1.05 bits per heavy atom. The number of carbonyl (C=O) groups is 2. The lowest BCUT2D eigenvalue weighted by Crippen LogP contribution is -2.44. The molecule has 0 spiro atoms. The SMILES string of the molecule is CC(=O)[C@H]1C[C@H](C)[C@H]1C(=O)c1ccc2ccccc2c1. The second kappa shape index (κ2) is 4.86. The molecular formula is C18H18O2. The highest BCUT2D eigenvalue weighted by Gasteiger charge is 2.45. The molecule has 0 unspecified atom stereocenters. The number of ketones is 2. The molecule has 2 aromatic carbocycles. The first-order valence-corrected chi connectivity index (χ1v) is 7.11. The Morgan fingerprint density at radius 3 is 2.40 bits per heavy atom. The molecule has 0 amide bonds. The molecule has 1 fully saturated rings. The molecular weight excluding hydrogens is 248 g/mol. The summed E-state index contributed by atoms with van der Waals surface area (Å²) in [5.41, 5.74) is 0.728. The van der Waals surface area contributed by atoms with Crippen molar-refractivity contribution in [3.63, 3.8) is 0 Å². The topological polar surface area (TPSA) is 34.1 Å². The largest absolute Gasteiger partial charge is 0.300 e. The van der Waals surface area contributed by atoms with Crippen molar-refractivity contribution in [2.45, 2.75) is 20.3 Å². The van der Waals surface area contributed by atoms with Gasteiger partial charge in [-0.1, -0.05) is 43.3 Å². The van der Waals surface area contributed by atoms with E-state index in [9.17, 15) is 9.59 Å². The summed E-state index contributed by atoms with van der Waals surface area (Å²) in [5, 5.41) is 2.21. The quantitative estimate of drug-likeness (QED) is 0.790. The van der Waals surface area contributed by atoms with E-state index in [0.717, 1.165) is 22.8 Å². The highest BCUT2D eigenvalue weighted by molar-refractivity contribution is 6.04. The maximum atomic E-state index is 12.6. The van der Waals surface area contributed by atoms with Crippen LogP contribution in [0.4, 0.5) is 0 Å². The van der Waals surface area contributed by atoms with Crippen LogP contribution < -0.4 is 0 Å². The van der Waals surface area contributed by atoms with Gasteiger partial charge in [0, 0.05) is 17.4 Å². The number of benzene rings is 2. The van der Waals surface area contributed by atoms with E-state index >= 15 is 0 Å². The third-order valence-electron chi connectivity index (χ3n) is 4.53. The first-order valence-electron chi connectivity index (χ1n) is 7.11. The first-order chi connectivity index (χ1) is 9.58. The fourth-order valence-electron chi connectivity index (χ4n) is 3.29. The zero-order valence-corrected chi connectivity index (χ0v) is 11.8. The van der Waals surface area contributed by atoms with Crippen LogP contribution in [-0.4, -0.2) is 11.6 Å². The Bertz CT molecular complexity index is 687. The third kappa shape index (κ3) is 2.05. The number of Topliss-reactive ketones (excluding diaryl/α,β-unsaturated/α-hetero) is 2. The van der Waals surface area contributed by atoms with Gasteiger partial charge in [0.15, 0.2) is 5.78 Å². The van der Waals surface area contributed by atoms with E-state index in [1.165, 1.54) is 0 Å². The standard InChI is InChI=1S/C18H18O2/c1-11-9-16(12(2)19)17(11)18(20)15-8-7-13-5-3-4-6-14(13)10-15/h3-8,10-11,16-17H,9H2,1-2H3/t11-,16+,17+/m0/s1. The van der Waals surface area contributed by atoms with Crippen LogP contribution in [0.2, 0.25) is 0 Å². The van der Waals surface area contributed by atoms with Crippen molar-refractivity contribution in [3.05, 3.63) is 48.0 Å². The van der Waals surface area contributed by atoms with E-state index < -0.39 is 0 Å². The second-order valence-corrected chi connectivity index (χ2v) is 5.88. The molecule has 102 valence electrons. The molecule has 2 heteroatoms. The molecule has 3 rings (SSSR count). The summed E-state index contributed by atoms with van der Waals surface area (Å²) >= 11 is 0. The molecule has 0 saturated heterocycles. The van der Waals surface area contributed by atoms with E-state index in [1.54, 1.807) is 6.92 Å². The molecule has 0 aliphatic heterocycles. The Hall–Kier alpha value is -1.96. The van der Waals surface area contributed by atoms with E-state index in [4.69, 9.17) is 0 Å². The Kier molecular flexibility index (Phi) is 3.17. The molecule has 1 saturated carbocycles. The maximum Gasteiger partial charge on any atom is 0.166 e. The van der Waals surface area contributed by atoms with E-state index in [-0.39, 0.29) is 23.4 Å². The van der Waals surface area contributed by atoms with E-state index in [1.807, 2.05) is 42.5 Å². The van der Waals surface area contributed by atoms with Gasteiger partial charge in [-0.25, -0.2) is 0 Å². The number of hydrogen-bond acceptors (Lipinski definition) is 2. The third-order valence-corrected chi connectivity index (χ3v) is 4.53.